The Hall–Kier alpha value is -2.38. The molecule has 0 fully saturated rings. The lowest BCUT2D eigenvalue weighted by molar-refractivity contribution is -0.885. The second-order valence-electron chi connectivity index (χ2n) is 7.61. The Morgan fingerprint density at radius 1 is 1.39 bits per heavy atom. The molecule has 0 spiro atoms. The van der Waals surface area contributed by atoms with Gasteiger partial charge in [-0.25, -0.2) is 4.98 Å². The highest BCUT2D eigenvalue weighted by atomic mass is 32.1. The van der Waals surface area contributed by atoms with Gasteiger partial charge in [0.25, 0.3) is 5.91 Å². The van der Waals surface area contributed by atoms with E-state index in [-0.39, 0.29) is 11.9 Å². The first-order valence-corrected chi connectivity index (χ1v) is 10.5. The molecule has 3 rings (SSSR count). The molecule has 3 heterocycles. The van der Waals surface area contributed by atoms with Crippen LogP contribution in [0.5, 0.6) is 0 Å². The lowest BCUT2D eigenvalue weighted by Gasteiger charge is -2.13. The van der Waals surface area contributed by atoms with Gasteiger partial charge in [-0.2, -0.15) is 0 Å². The van der Waals surface area contributed by atoms with Crippen molar-refractivity contribution in [2.45, 2.75) is 46.8 Å². The molecule has 1 unspecified atom stereocenters. The molecule has 0 saturated carbocycles. The minimum absolute atomic E-state index is 0.0748. The van der Waals surface area contributed by atoms with E-state index in [1.807, 2.05) is 33.0 Å². The zero-order valence-electron chi connectivity index (χ0n) is 17.2. The molecule has 28 heavy (non-hydrogen) atoms. The minimum Gasteiger partial charge on any atom is -0.467 e. The van der Waals surface area contributed by atoms with Gasteiger partial charge in [0.1, 0.15) is 17.3 Å². The van der Waals surface area contributed by atoms with E-state index in [4.69, 9.17) is 9.40 Å². The van der Waals surface area contributed by atoms with E-state index < -0.39 is 0 Å². The summed E-state index contributed by atoms with van der Waals surface area (Å²) in [7, 11) is 2.02. The highest BCUT2D eigenvalue weighted by Gasteiger charge is 2.17. The first-order chi connectivity index (χ1) is 13.3. The van der Waals surface area contributed by atoms with Gasteiger partial charge in [0.05, 0.1) is 25.5 Å². The smallest absolute Gasteiger partial charge is 0.275 e. The van der Waals surface area contributed by atoms with Gasteiger partial charge in [0, 0.05) is 28.4 Å². The molecular weight excluding hydrogens is 372 g/mol. The molecule has 0 aliphatic heterocycles. The minimum atomic E-state index is 0.0748. The molecule has 0 saturated heterocycles. The molecule has 150 valence electrons. The van der Waals surface area contributed by atoms with Crippen molar-refractivity contribution in [3.63, 3.8) is 0 Å². The number of hydrogen-bond acceptors (Lipinski definition) is 4. The molecule has 0 radical (unpaired) electrons. The van der Waals surface area contributed by atoms with Crippen LogP contribution in [-0.4, -0.2) is 35.1 Å². The van der Waals surface area contributed by atoms with Gasteiger partial charge in [-0.15, -0.1) is 11.3 Å². The van der Waals surface area contributed by atoms with Crippen LogP contribution in [0.4, 0.5) is 0 Å². The molecule has 6 nitrogen and oxygen atoms in total. The van der Waals surface area contributed by atoms with Crippen molar-refractivity contribution in [1.29, 1.82) is 0 Å². The lowest BCUT2D eigenvalue weighted by atomic mass is 10.2. The third-order valence-corrected chi connectivity index (χ3v) is 5.51. The molecule has 1 amide bonds. The maximum absolute atomic E-state index is 11.9. The molecule has 3 aromatic rings. The zero-order valence-corrected chi connectivity index (χ0v) is 18.0. The van der Waals surface area contributed by atoms with E-state index in [1.165, 1.54) is 11.4 Å². The number of nitrogens with one attached hydrogen (secondary N) is 2. The number of carbonyl (C=O) groups is 1. The quantitative estimate of drug-likeness (QED) is 0.609. The number of aromatic nitrogens is 2. The average molecular weight is 402 g/mol. The number of rotatable bonds is 8. The lowest BCUT2D eigenvalue weighted by Crippen LogP contribution is -3.09. The average Bonchev–Trinajstić information content (AvgIpc) is 3.32. The van der Waals surface area contributed by atoms with Crippen molar-refractivity contribution in [1.82, 2.24) is 14.9 Å². The Kier molecular flexibility index (Phi) is 6.36. The Bertz CT molecular complexity index is 925. The van der Waals surface area contributed by atoms with Crippen LogP contribution in [0.3, 0.4) is 0 Å². The maximum atomic E-state index is 11.9. The number of amides is 1. The second-order valence-corrected chi connectivity index (χ2v) is 8.55. The number of aryl methyl sites for hydroxylation is 1. The van der Waals surface area contributed by atoms with Gasteiger partial charge < -0.3 is 19.2 Å². The largest absolute Gasteiger partial charge is 0.467 e. The van der Waals surface area contributed by atoms with E-state index >= 15 is 0 Å². The fraction of sp³-hybridized carbons (Fsp3) is 0.429. The highest BCUT2D eigenvalue weighted by molar-refractivity contribution is 7.09. The monoisotopic (exact) mass is 401 g/mol. The normalized spacial score (nSPS) is 12.5. The van der Waals surface area contributed by atoms with Crippen molar-refractivity contribution >= 4 is 17.2 Å². The standard InChI is InChI=1S/C21H28N4O2S/c1-14(2)22-20(26)11-24(5)12-21-23-19(13-28-21)18-9-15(3)25(16(18)4)10-17-7-6-8-27-17/h6-9,13-14H,10-12H2,1-5H3,(H,22,26)/p+1. The predicted octanol–water partition coefficient (Wildman–Crippen LogP) is 2.41. The summed E-state index contributed by atoms with van der Waals surface area (Å²) in [5.74, 6) is 1.02. The first kappa shape index (κ1) is 20.4. The maximum Gasteiger partial charge on any atom is 0.275 e. The molecule has 0 aromatic carbocycles. The Labute approximate surface area is 170 Å². The summed E-state index contributed by atoms with van der Waals surface area (Å²) < 4.78 is 7.75. The van der Waals surface area contributed by atoms with Crippen LogP contribution in [0.15, 0.2) is 34.3 Å². The predicted molar refractivity (Wildman–Crippen MR) is 112 cm³/mol. The number of carbonyl (C=O) groups excluding carboxylic acids is 1. The number of quaternary nitrogens is 1. The number of thiazole rings is 1. The molecule has 0 aliphatic rings. The van der Waals surface area contributed by atoms with E-state index in [0.717, 1.165) is 40.0 Å². The fourth-order valence-electron chi connectivity index (χ4n) is 3.35. The van der Waals surface area contributed by atoms with Crippen molar-refractivity contribution in [2.24, 2.45) is 0 Å². The molecular formula is C21H29N4O2S+. The summed E-state index contributed by atoms with van der Waals surface area (Å²) in [6.07, 6.45) is 1.71. The summed E-state index contributed by atoms with van der Waals surface area (Å²) in [4.78, 5) is 17.9. The van der Waals surface area contributed by atoms with Crippen molar-refractivity contribution in [2.75, 3.05) is 13.6 Å². The molecule has 7 heteroatoms. The zero-order chi connectivity index (χ0) is 20.3. The topological polar surface area (TPSA) is 64.5 Å². The third-order valence-electron chi connectivity index (χ3n) is 4.66. The second kappa shape index (κ2) is 8.75. The Morgan fingerprint density at radius 2 is 2.18 bits per heavy atom. The first-order valence-electron chi connectivity index (χ1n) is 9.58. The molecule has 0 bridgehead atoms. The van der Waals surface area contributed by atoms with Crippen LogP contribution in [0.25, 0.3) is 11.3 Å². The van der Waals surface area contributed by atoms with E-state index in [0.29, 0.717) is 6.54 Å². The Balaban J connectivity index is 1.69. The molecule has 2 N–H and O–H groups in total. The van der Waals surface area contributed by atoms with Crippen LogP contribution < -0.4 is 10.2 Å². The van der Waals surface area contributed by atoms with Crippen LogP contribution in [0, 0.1) is 13.8 Å². The molecule has 0 aliphatic carbocycles. The van der Waals surface area contributed by atoms with Crippen LogP contribution in [-0.2, 0) is 17.9 Å². The van der Waals surface area contributed by atoms with Gasteiger partial charge in [0.15, 0.2) is 6.54 Å². The Morgan fingerprint density at radius 3 is 2.86 bits per heavy atom. The number of likely N-dealkylation sites (N-methyl/N-ethyl adjacent to an activating group) is 1. The van der Waals surface area contributed by atoms with Crippen molar-refractivity contribution < 1.29 is 14.1 Å². The van der Waals surface area contributed by atoms with Crippen molar-refractivity contribution in [3.05, 3.63) is 52.0 Å². The van der Waals surface area contributed by atoms with Crippen molar-refractivity contribution in [3.8, 4) is 11.3 Å². The molecule has 1 atom stereocenters. The van der Waals surface area contributed by atoms with Crippen LogP contribution in [0.2, 0.25) is 0 Å². The van der Waals surface area contributed by atoms with Gasteiger partial charge in [-0.3, -0.25) is 4.79 Å². The van der Waals surface area contributed by atoms with Gasteiger partial charge in [-0.1, -0.05) is 0 Å². The summed E-state index contributed by atoms with van der Waals surface area (Å²) >= 11 is 1.65. The van der Waals surface area contributed by atoms with Gasteiger partial charge in [-0.05, 0) is 45.9 Å². The summed E-state index contributed by atoms with van der Waals surface area (Å²) in [5, 5.41) is 6.09. The number of hydrogen-bond donors (Lipinski definition) is 2. The fourth-order valence-corrected chi connectivity index (χ4v) is 4.25. The molecule has 3 aromatic heterocycles. The SMILES string of the molecule is Cc1cc(-c2csc(C[NH+](C)CC(=O)NC(C)C)n2)c(C)n1Cc1ccco1. The van der Waals surface area contributed by atoms with Gasteiger partial charge in [0.2, 0.25) is 0 Å². The van der Waals surface area contributed by atoms with E-state index in [9.17, 15) is 4.79 Å². The number of nitrogens with zero attached hydrogens (tertiary/aromatic N) is 2. The van der Waals surface area contributed by atoms with Gasteiger partial charge >= 0.3 is 0 Å². The van der Waals surface area contributed by atoms with Crippen LogP contribution in [0.1, 0.15) is 36.0 Å². The third kappa shape index (κ3) is 4.91. The summed E-state index contributed by atoms with van der Waals surface area (Å²) in [5.41, 5.74) is 4.52. The van der Waals surface area contributed by atoms with Crippen LogP contribution >= 0.6 is 11.3 Å². The highest BCUT2D eigenvalue weighted by Crippen LogP contribution is 2.28. The summed E-state index contributed by atoms with van der Waals surface area (Å²) in [6.45, 7) is 10.1. The summed E-state index contributed by atoms with van der Waals surface area (Å²) in [6, 6.07) is 6.26. The van der Waals surface area contributed by atoms with E-state index in [2.05, 4.69) is 35.2 Å². The van der Waals surface area contributed by atoms with E-state index in [1.54, 1.807) is 17.6 Å². The number of furan rings is 1.